The lowest BCUT2D eigenvalue weighted by Gasteiger charge is -2.26. The van der Waals surface area contributed by atoms with E-state index in [-0.39, 0.29) is 6.29 Å². The number of aryl methyl sites for hydroxylation is 1. The van der Waals surface area contributed by atoms with E-state index in [2.05, 4.69) is 46.9 Å². The van der Waals surface area contributed by atoms with Crippen LogP contribution in [0.25, 0.3) is 5.70 Å². The Kier molecular flexibility index (Phi) is 4.02. The van der Waals surface area contributed by atoms with E-state index in [1.807, 2.05) is 35.4 Å². The second-order valence-corrected chi connectivity index (χ2v) is 6.22. The molecule has 0 spiro atoms. The lowest BCUT2D eigenvalue weighted by atomic mass is 10.1. The van der Waals surface area contributed by atoms with Gasteiger partial charge in [-0.3, -0.25) is 9.80 Å². The Bertz CT molecular complexity index is 943. The van der Waals surface area contributed by atoms with Crippen LogP contribution in [0, 0.1) is 6.92 Å². The maximum absolute atomic E-state index is 11.2. The highest BCUT2D eigenvalue weighted by Gasteiger charge is 2.27. The van der Waals surface area contributed by atoms with Gasteiger partial charge in [0.1, 0.15) is 5.84 Å². The van der Waals surface area contributed by atoms with Gasteiger partial charge in [0.05, 0.1) is 5.70 Å². The molecule has 1 unspecified atom stereocenters. The van der Waals surface area contributed by atoms with Crippen LogP contribution in [-0.2, 0) is 0 Å². The van der Waals surface area contributed by atoms with Crippen LogP contribution in [0.2, 0.25) is 0 Å². The number of nitrogens with two attached hydrogens (primary N) is 1. The number of benzene rings is 2. The Balaban J connectivity index is 1.52. The number of rotatable bonds is 4. The van der Waals surface area contributed by atoms with E-state index < -0.39 is 5.91 Å². The number of nitrogens with zero attached hydrogens (tertiary/aromatic N) is 2. The Morgan fingerprint density at radius 1 is 1.23 bits per heavy atom. The molecule has 1 atom stereocenters. The number of allylic oxidation sites excluding steroid dienone is 2. The van der Waals surface area contributed by atoms with E-state index in [1.165, 1.54) is 5.56 Å². The van der Waals surface area contributed by atoms with E-state index in [4.69, 9.17) is 5.73 Å². The number of nitrogens with one attached hydrogen (secondary N) is 2. The van der Waals surface area contributed by atoms with E-state index in [9.17, 15) is 4.79 Å². The largest absolute Gasteiger partial charge is 0.366 e. The van der Waals surface area contributed by atoms with Crippen molar-refractivity contribution in [1.82, 2.24) is 10.4 Å². The number of hydrogen-bond donors (Lipinski definition) is 3. The average molecular weight is 345 g/mol. The second kappa shape index (κ2) is 6.50. The summed E-state index contributed by atoms with van der Waals surface area (Å²) in [6.45, 7) is 2.08. The molecule has 2 heterocycles. The van der Waals surface area contributed by atoms with Gasteiger partial charge in [0.15, 0.2) is 6.29 Å². The number of hydrazine groups is 1. The first-order chi connectivity index (χ1) is 12.6. The number of carbonyl (C=O) groups is 1. The molecule has 4 rings (SSSR count). The SMILES string of the molecule is Cc1cccc(C2=CC=CC3=NC(Nc4ccc(C(N)=O)cc4)NN23)c1. The van der Waals surface area contributed by atoms with Gasteiger partial charge in [-0.1, -0.05) is 29.8 Å². The first kappa shape index (κ1) is 16.1. The number of amidine groups is 1. The van der Waals surface area contributed by atoms with Crippen molar-refractivity contribution in [3.05, 3.63) is 83.4 Å². The highest BCUT2D eigenvalue weighted by atomic mass is 16.1. The number of primary amides is 1. The average Bonchev–Trinajstić information content (AvgIpc) is 3.04. The summed E-state index contributed by atoms with van der Waals surface area (Å²) in [5, 5.41) is 5.27. The summed E-state index contributed by atoms with van der Waals surface area (Å²) >= 11 is 0. The van der Waals surface area contributed by atoms with Crippen molar-refractivity contribution in [3.63, 3.8) is 0 Å². The maximum atomic E-state index is 11.2. The summed E-state index contributed by atoms with van der Waals surface area (Å²) in [6, 6.07) is 15.4. The molecular formula is C20H19N5O. The second-order valence-electron chi connectivity index (χ2n) is 6.22. The van der Waals surface area contributed by atoms with Crippen LogP contribution in [0.5, 0.6) is 0 Å². The molecule has 0 fully saturated rings. The molecule has 0 aliphatic carbocycles. The normalized spacial score (nSPS) is 18.2. The summed E-state index contributed by atoms with van der Waals surface area (Å²) in [7, 11) is 0. The summed E-state index contributed by atoms with van der Waals surface area (Å²) in [5.74, 6) is 0.404. The fourth-order valence-corrected chi connectivity index (χ4v) is 3.00. The third-order valence-corrected chi connectivity index (χ3v) is 4.27. The number of carbonyl (C=O) groups excluding carboxylic acids is 1. The van der Waals surface area contributed by atoms with Crippen molar-refractivity contribution >= 4 is 23.1 Å². The number of fused-ring (bicyclic) bond motifs is 1. The van der Waals surface area contributed by atoms with E-state index >= 15 is 0 Å². The van der Waals surface area contributed by atoms with Crippen molar-refractivity contribution in [2.45, 2.75) is 13.2 Å². The Morgan fingerprint density at radius 2 is 2.04 bits per heavy atom. The minimum absolute atomic E-state index is 0.305. The number of amides is 1. The van der Waals surface area contributed by atoms with Crippen LogP contribution in [0.4, 0.5) is 5.69 Å². The minimum atomic E-state index is -0.439. The number of anilines is 1. The Labute approximate surface area is 151 Å². The van der Waals surface area contributed by atoms with Crippen LogP contribution in [0.15, 0.2) is 71.8 Å². The third kappa shape index (κ3) is 3.10. The van der Waals surface area contributed by atoms with Gasteiger partial charge < -0.3 is 11.1 Å². The van der Waals surface area contributed by atoms with Gasteiger partial charge in [0, 0.05) is 11.3 Å². The molecule has 2 aromatic carbocycles. The molecule has 2 aliphatic heterocycles. The first-order valence-corrected chi connectivity index (χ1v) is 8.36. The maximum Gasteiger partial charge on any atom is 0.248 e. The van der Waals surface area contributed by atoms with Gasteiger partial charge in [-0.15, -0.1) is 0 Å². The molecule has 6 nitrogen and oxygen atoms in total. The zero-order chi connectivity index (χ0) is 18.1. The molecule has 2 aliphatic rings. The first-order valence-electron chi connectivity index (χ1n) is 8.36. The van der Waals surface area contributed by atoms with Crippen molar-refractivity contribution in [2.75, 3.05) is 5.32 Å². The van der Waals surface area contributed by atoms with Crippen LogP contribution in [0.1, 0.15) is 21.5 Å². The molecule has 0 bridgehead atoms. The zero-order valence-electron chi connectivity index (χ0n) is 14.3. The van der Waals surface area contributed by atoms with Gasteiger partial charge >= 0.3 is 0 Å². The predicted molar refractivity (Wildman–Crippen MR) is 103 cm³/mol. The molecule has 0 aromatic heterocycles. The molecule has 4 N–H and O–H groups in total. The topological polar surface area (TPSA) is 82.7 Å². The van der Waals surface area contributed by atoms with Crippen molar-refractivity contribution in [3.8, 4) is 0 Å². The summed E-state index contributed by atoms with van der Waals surface area (Å²) in [6.07, 6.45) is 5.72. The van der Waals surface area contributed by atoms with Crippen LogP contribution in [0.3, 0.4) is 0 Å². The molecule has 26 heavy (non-hydrogen) atoms. The van der Waals surface area contributed by atoms with Gasteiger partial charge in [0.25, 0.3) is 0 Å². The van der Waals surface area contributed by atoms with Crippen LogP contribution in [-0.4, -0.2) is 23.0 Å². The van der Waals surface area contributed by atoms with E-state index in [0.29, 0.717) is 5.56 Å². The lowest BCUT2D eigenvalue weighted by Crippen LogP contribution is -2.42. The molecule has 0 radical (unpaired) electrons. The molecular weight excluding hydrogens is 326 g/mol. The molecule has 0 saturated carbocycles. The van der Waals surface area contributed by atoms with E-state index in [0.717, 1.165) is 22.8 Å². The fraction of sp³-hybridized carbons (Fsp3) is 0.100. The van der Waals surface area contributed by atoms with Gasteiger partial charge in [-0.2, -0.15) is 5.43 Å². The molecule has 6 heteroatoms. The van der Waals surface area contributed by atoms with Gasteiger partial charge in [-0.05, 0) is 55.0 Å². The van der Waals surface area contributed by atoms with Crippen molar-refractivity contribution in [1.29, 1.82) is 0 Å². The monoisotopic (exact) mass is 345 g/mol. The van der Waals surface area contributed by atoms with E-state index in [1.54, 1.807) is 12.1 Å². The standard InChI is InChI=1S/C20H19N5O/c1-13-4-2-5-15(12-13)17-6-3-7-18-23-20(24-25(17)18)22-16-10-8-14(9-11-16)19(21)26/h2-12,20,22,24H,1H3,(H2,21,26). The fourth-order valence-electron chi connectivity index (χ4n) is 3.00. The van der Waals surface area contributed by atoms with Crippen molar-refractivity contribution in [2.24, 2.45) is 10.7 Å². The number of aliphatic imine (C=N–C) groups is 1. The van der Waals surface area contributed by atoms with Crippen molar-refractivity contribution < 1.29 is 4.79 Å². The third-order valence-electron chi connectivity index (χ3n) is 4.27. The molecule has 2 aromatic rings. The van der Waals surface area contributed by atoms with Crippen LogP contribution < -0.4 is 16.5 Å². The predicted octanol–water partition coefficient (Wildman–Crippen LogP) is 2.62. The Morgan fingerprint density at radius 3 is 2.77 bits per heavy atom. The molecule has 0 saturated heterocycles. The van der Waals surface area contributed by atoms with Crippen LogP contribution >= 0.6 is 0 Å². The summed E-state index contributed by atoms with van der Waals surface area (Å²) in [4.78, 5) is 15.8. The molecule has 130 valence electrons. The van der Waals surface area contributed by atoms with Gasteiger partial charge in [-0.25, -0.2) is 4.99 Å². The Hall–Kier alpha value is -3.38. The summed E-state index contributed by atoms with van der Waals surface area (Å²) in [5.41, 5.74) is 13.3. The summed E-state index contributed by atoms with van der Waals surface area (Å²) < 4.78 is 0. The smallest absolute Gasteiger partial charge is 0.248 e. The highest BCUT2D eigenvalue weighted by Crippen LogP contribution is 2.26. The zero-order valence-corrected chi connectivity index (χ0v) is 14.3. The molecule has 1 amide bonds. The minimum Gasteiger partial charge on any atom is -0.366 e. The quantitative estimate of drug-likeness (QED) is 0.795. The number of hydrogen-bond acceptors (Lipinski definition) is 5. The van der Waals surface area contributed by atoms with Gasteiger partial charge in [0.2, 0.25) is 5.91 Å². The lowest BCUT2D eigenvalue weighted by molar-refractivity contribution is 0.100. The highest BCUT2D eigenvalue weighted by molar-refractivity contribution is 6.02.